The number of rotatable bonds is 7. The van der Waals surface area contributed by atoms with E-state index >= 15 is 0 Å². The zero-order valence-corrected chi connectivity index (χ0v) is 17.4. The smallest absolute Gasteiger partial charge is 0.315 e. The predicted octanol–water partition coefficient (Wildman–Crippen LogP) is 3.63. The second-order valence-electron chi connectivity index (χ2n) is 7.53. The van der Waals surface area contributed by atoms with Gasteiger partial charge in [0.25, 0.3) is 5.91 Å². The highest BCUT2D eigenvalue weighted by molar-refractivity contribution is 6.00. The number of benzene rings is 2. The molecule has 0 radical (unpaired) electrons. The van der Waals surface area contributed by atoms with Gasteiger partial charge in [0.05, 0.1) is 11.6 Å². The summed E-state index contributed by atoms with van der Waals surface area (Å²) in [7, 11) is 0. The summed E-state index contributed by atoms with van der Waals surface area (Å²) in [6.45, 7) is 7.61. The SMILES string of the molecule is C=CCNC(=O)NC1CCN(c2ccccc2C(=O)NC(C)c2ccccc2)CC1. The number of carbonyl (C=O) groups is 2. The maximum Gasteiger partial charge on any atom is 0.315 e. The lowest BCUT2D eigenvalue weighted by Gasteiger charge is -2.35. The third-order valence-corrected chi connectivity index (χ3v) is 5.37. The molecule has 0 spiro atoms. The fraction of sp³-hybridized carbons (Fsp3) is 0.333. The molecule has 0 aliphatic carbocycles. The molecule has 30 heavy (non-hydrogen) atoms. The number of anilines is 1. The summed E-state index contributed by atoms with van der Waals surface area (Å²) in [5, 5.41) is 8.85. The number of carbonyl (C=O) groups excluding carboxylic acids is 2. The summed E-state index contributed by atoms with van der Waals surface area (Å²) >= 11 is 0. The van der Waals surface area contributed by atoms with Crippen LogP contribution in [0.15, 0.2) is 67.3 Å². The van der Waals surface area contributed by atoms with Crippen molar-refractivity contribution in [2.45, 2.75) is 31.8 Å². The van der Waals surface area contributed by atoms with Crippen molar-refractivity contribution < 1.29 is 9.59 Å². The van der Waals surface area contributed by atoms with Gasteiger partial charge in [0.1, 0.15) is 0 Å². The third kappa shape index (κ3) is 5.63. The number of hydrogen-bond acceptors (Lipinski definition) is 3. The summed E-state index contributed by atoms with van der Waals surface area (Å²) in [5.41, 5.74) is 2.69. The first-order valence-electron chi connectivity index (χ1n) is 10.4. The van der Waals surface area contributed by atoms with Crippen molar-refractivity contribution in [3.8, 4) is 0 Å². The normalized spacial score (nSPS) is 15.2. The minimum Gasteiger partial charge on any atom is -0.371 e. The van der Waals surface area contributed by atoms with Gasteiger partial charge in [-0.15, -0.1) is 6.58 Å². The molecule has 1 saturated heterocycles. The second kappa shape index (κ2) is 10.5. The van der Waals surface area contributed by atoms with E-state index in [0.717, 1.165) is 37.2 Å². The predicted molar refractivity (Wildman–Crippen MR) is 121 cm³/mol. The van der Waals surface area contributed by atoms with E-state index in [1.165, 1.54) is 0 Å². The van der Waals surface area contributed by atoms with Gasteiger partial charge < -0.3 is 20.9 Å². The monoisotopic (exact) mass is 406 g/mol. The minimum atomic E-state index is -0.164. The molecule has 0 bridgehead atoms. The van der Waals surface area contributed by atoms with Gasteiger partial charge in [0.2, 0.25) is 0 Å². The molecule has 3 rings (SSSR count). The van der Waals surface area contributed by atoms with E-state index in [4.69, 9.17) is 0 Å². The van der Waals surface area contributed by atoms with Crippen LogP contribution in [0.3, 0.4) is 0 Å². The van der Waals surface area contributed by atoms with E-state index in [1.807, 2.05) is 61.5 Å². The Balaban J connectivity index is 1.61. The van der Waals surface area contributed by atoms with Gasteiger partial charge in [0, 0.05) is 31.4 Å². The molecule has 1 heterocycles. The Kier molecular flexibility index (Phi) is 7.49. The van der Waals surface area contributed by atoms with E-state index < -0.39 is 0 Å². The molecule has 6 heteroatoms. The van der Waals surface area contributed by atoms with Crippen molar-refractivity contribution in [3.05, 3.63) is 78.4 Å². The van der Waals surface area contributed by atoms with E-state index in [1.54, 1.807) is 6.08 Å². The summed E-state index contributed by atoms with van der Waals surface area (Å²) in [6, 6.07) is 17.5. The number of para-hydroxylation sites is 1. The van der Waals surface area contributed by atoms with E-state index in [2.05, 4.69) is 27.4 Å². The van der Waals surface area contributed by atoms with Crippen molar-refractivity contribution >= 4 is 17.6 Å². The molecule has 6 nitrogen and oxygen atoms in total. The van der Waals surface area contributed by atoms with Crippen LogP contribution in [0.4, 0.5) is 10.5 Å². The van der Waals surface area contributed by atoms with Gasteiger partial charge in [-0.2, -0.15) is 0 Å². The van der Waals surface area contributed by atoms with Crippen LogP contribution in [0.5, 0.6) is 0 Å². The number of nitrogens with one attached hydrogen (secondary N) is 3. The highest BCUT2D eigenvalue weighted by Crippen LogP contribution is 2.25. The van der Waals surface area contributed by atoms with Gasteiger partial charge >= 0.3 is 6.03 Å². The van der Waals surface area contributed by atoms with Crippen LogP contribution in [0.1, 0.15) is 41.7 Å². The van der Waals surface area contributed by atoms with E-state index in [9.17, 15) is 9.59 Å². The Morgan fingerprint density at radius 2 is 1.77 bits per heavy atom. The van der Waals surface area contributed by atoms with Gasteiger partial charge in [-0.25, -0.2) is 4.79 Å². The molecule has 1 fully saturated rings. The second-order valence-corrected chi connectivity index (χ2v) is 7.53. The lowest BCUT2D eigenvalue weighted by molar-refractivity contribution is 0.0940. The van der Waals surface area contributed by atoms with Crippen molar-refractivity contribution in [2.75, 3.05) is 24.5 Å². The summed E-state index contributed by atoms with van der Waals surface area (Å²) in [6.07, 6.45) is 3.32. The first-order valence-corrected chi connectivity index (χ1v) is 10.4. The average Bonchev–Trinajstić information content (AvgIpc) is 2.78. The lowest BCUT2D eigenvalue weighted by Crippen LogP contribution is -2.48. The Morgan fingerprint density at radius 3 is 2.47 bits per heavy atom. The van der Waals surface area contributed by atoms with Gasteiger partial charge in [0.15, 0.2) is 0 Å². The molecule has 3 N–H and O–H groups in total. The average molecular weight is 407 g/mol. The first-order chi connectivity index (χ1) is 14.6. The number of amides is 3. The zero-order valence-electron chi connectivity index (χ0n) is 17.4. The largest absolute Gasteiger partial charge is 0.371 e. The molecular weight excluding hydrogens is 376 g/mol. The van der Waals surface area contributed by atoms with Gasteiger partial charge in [-0.05, 0) is 37.5 Å². The Bertz CT molecular complexity index is 861. The van der Waals surface area contributed by atoms with Crippen LogP contribution < -0.4 is 20.9 Å². The third-order valence-electron chi connectivity index (χ3n) is 5.37. The molecule has 0 saturated carbocycles. The molecule has 1 aliphatic rings. The minimum absolute atomic E-state index is 0.0734. The molecule has 0 aromatic heterocycles. The van der Waals surface area contributed by atoms with Crippen LogP contribution in [-0.4, -0.2) is 37.6 Å². The lowest BCUT2D eigenvalue weighted by atomic mass is 10.0. The van der Waals surface area contributed by atoms with Crippen LogP contribution in [0.2, 0.25) is 0 Å². The molecule has 3 amide bonds. The number of nitrogens with zero attached hydrogens (tertiary/aromatic N) is 1. The molecule has 1 aliphatic heterocycles. The van der Waals surface area contributed by atoms with Crippen LogP contribution >= 0.6 is 0 Å². The number of hydrogen-bond donors (Lipinski definition) is 3. The molecule has 1 unspecified atom stereocenters. The van der Waals surface area contributed by atoms with E-state index in [-0.39, 0.29) is 24.0 Å². The molecular formula is C24H30N4O2. The van der Waals surface area contributed by atoms with Crippen LogP contribution in [0, 0.1) is 0 Å². The van der Waals surface area contributed by atoms with Crippen molar-refractivity contribution in [1.82, 2.24) is 16.0 Å². The fourth-order valence-corrected chi connectivity index (χ4v) is 3.71. The highest BCUT2D eigenvalue weighted by Gasteiger charge is 2.24. The Labute approximate surface area is 178 Å². The summed E-state index contributed by atoms with van der Waals surface area (Å²) in [5.74, 6) is -0.0778. The maximum atomic E-state index is 13.0. The maximum absolute atomic E-state index is 13.0. The topological polar surface area (TPSA) is 73.5 Å². The summed E-state index contributed by atoms with van der Waals surface area (Å²) in [4.78, 5) is 27.1. The quantitative estimate of drug-likeness (QED) is 0.615. The highest BCUT2D eigenvalue weighted by atomic mass is 16.2. The standard InChI is InChI=1S/C24H30N4O2/c1-3-15-25-24(30)27-20-13-16-28(17-14-20)22-12-8-7-11-21(22)23(29)26-18(2)19-9-5-4-6-10-19/h3-12,18,20H,1,13-17H2,2H3,(H,26,29)(H2,25,27,30). The first kappa shape index (κ1) is 21.4. The van der Waals surface area contributed by atoms with Crippen molar-refractivity contribution in [3.63, 3.8) is 0 Å². The molecule has 2 aromatic rings. The zero-order chi connectivity index (χ0) is 21.3. The summed E-state index contributed by atoms with van der Waals surface area (Å²) < 4.78 is 0. The Morgan fingerprint density at radius 1 is 1.10 bits per heavy atom. The molecule has 2 aromatic carbocycles. The molecule has 1 atom stereocenters. The molecule has 158 valence electrons. The number of piperidine rings is 1. The van der Waals surface area contributed by atoms with Gasteiger partial charge in [-0.1, -0.05) is 48.5 Å². The fourth-order valence-electron chi connectivity index (χ4n) is 3.71. The van der Waals surface area contributed by atoms with Crippen LogP contribution in [-0.2, 0) is 0 Å². The van der Waals surface area contributed by atoms with Crippen molar-refractivity contribution in [1.29, 1.82) is 0 Å². The van der Waals surface area contributed by atoms with Crippen molar-refractivity contribution in [2.24, 2.45) is 0 Å². The van der Waals surface area contributed by atoms with E-state index in [0.29, 0.717) is 12.1 Å². The Hall–Kier alpha value is -3.28. The van der Waals surface area contributed by atoms with Gasteiger partial charge in [-0.3, -0.25) is 4.79 Å². The van der Waals surface area contributed by atoms with Crippen LogP contribution in [0.25, 0.3) is 0 Å². The number of urea groups is 1.